The number of anilines is 1. The molecule has 0 aliphatic carbocycles. The zero-order chi connectivity index (χ0) is 13.3. The molecule has 0 bridgehead atoms. The molecule has 1 heterocycles. The van der Waals surface area contributed by atoms with E-state index in [4.69, 9.17) is 4.74 Å². The highest BCUT2D eigenvalue weighted by Gasteiger charge is 2.22. The smallest absolute Gasteiger partial charge is 0.215 e. The van der Waals surface area contributed by atoms with Gasteiger partial charge in [-0.15, -0.1) is 0 Å². The first-order valence-electron chi connectivity index (χ1n) is 5.75. The van der Waals surface area contributed by atoms with E-state index in [0.717, 1.165) is 5.06 Å². The summed E-state index contributed by atoms with van der Waals surface area (Å²) in [6, 6.07) is 5.35. The van der Waals surface area contributed by atoms with Crippen LogP contribution in [0.25, 0.3) is 0 Å². The first kappa shape index (κ1) is 13.8. The van der Waals surface area contributed by atoms with Crippen molar-refractivity contribution in [3.05, 3.63) is 18.2 Å². The number of nitrogens with zero attached hydrogens (tertiary/aromatic N) is 2. The minimum Gasteiger partial charge on any atom is -0.472 e. The largest absolute Gasteiger partial charge is 0.472 e. The Balaban J connectivity index is 2.94. The molecule has 4 nitrogen and oxygen atoms in total. The third-order valence-corrected chi connectivity index (χ3v) is 1.97. The Morgan fingerprint density at radius 3 is 2.18 bits per heavy atom. The van der Waals surface area contributed by atoms with Crippen LogP contribution < -0.4 is 9.80 Å². The third-order valence-electron chi connectivity index (χ3n) is 1.97. The summed E-state index contributed by atoms with van der Waals surface area (Å²) < 4.78 is 5.66. The number of hydroxylamine groups is 1. The zero-order valence-electron chi connectivity index (χ0n) is 11.5. The molecule has 0 saturated heterocycles. The van der Waals surface area contributed by atoms with Gasteiger partial charge < -0.3 is 4.74 Å². The lowest BCUT2D eigenvalue weighted by atomic mass is 10.1. The van der Waals surface area contributed by atoms with Crippen LogP contribution in [0.15, 0.2) is 18.2 Å². The summed E-state index contributed by atoms with van der Waals surface area (Å²) in [4.78, 5) is 4.28. The highest BCUT2D eigenvalue weighted by atomic mass is 16.5. The molecular weight excluding hydrogens is 216 g/mol. The normalized spacial score (nSPS) is 12.4. The Bertz CT molecular complexity index is 378. The summed E-state index contributed by atoms with van der Waals surface area (Å²) >= 11 is 0. The topological polar surface area (TPSA) is 45.6 Å². The molecule has 0 aromatic carbocycles. The van der Waals surface area contributed by atoms with Gasteiger partial charge in [-0.05, 0) is 47.6 Å². The zero-order valence-corrected chi connectivity index (χ0v) is 11.5. The van der Waals surface area contributed by atoms with Crippen molar-refractivity contribution in [2.45, 2.75) is 52.7 Å². The minimum absolute atomic E-state index is 0.298. The maximum atomic E-state index is 10.00. The maximum absolute atomic E-state index is 10.00. The number of rotatable bonds is 2. The first-order chi connectivity index (χ1) is 7.59. The average Bonchev–Trinajstić information content (AvgIpc) is 2.12. The van der Waals surface area contributed by atoms with E-state index in [9.17, 15) is 5.21 Å². The van der Waals surface area contributed by atoms with Gasteiger partial charge in [-0.3, -0.25) is 5.21 Å². The molecule has 0 aliphatic heterocycles. The predicted molar refractivity (Wildman–Crippen MR) is 68.6 cm³/mol. The van der Waals surface area contributed by atoms with Gasteiger partial charge >= 0.3 is 0 Å². The van der Waals surface area contributed by atoms with E-state index in [1.807, 2.05) is 47.6 Å². The fourth-order valence-electron chi connectivity index (χ4n) is 1.24. The first-order valence-corrected chi connectivity index (χ1v) is 5.75. The highest BCUT2D eigenvalue weighted by Crippen LogP contribution is 2.23. The second-order valence-electron chi connectivity index (χ2n) is 6.03. The molecule has 0 saturated carbocycles. The van der Waals surface area contributed by atoms with Crippen LogP contribution in [0.1, 0.15) is 41.5 Å². The fraction of sp³-hybridized carbons (Fsp3) is 0.615. The lowest BCUT2D eigenvalue weighted by Gasteiger charge is -2.30. The Morgan fingerprint density at radius 1 is 1.12 bits per heavy atom. The molecular formula is C13H22N2O2. The molecule has 4 heteroatoms. The summed E-state index contributed by atoms with van der Waals surface area (Å²) in [6.45, 7) is 11.6. The van der Waals surface area contributed by atoms with Crippen LogP contribution >= 0.6 is 0 Å². The van der Waals surface area contributed by atoms with E-state index in [1.165, 1.54) is 0 Å². The van der Waals surface area contributed by atoms with Gasteiger partial charge in [-0.2, -0.15) is 4.98 Å². The van der Waals surface area contributed by atoms with E-state index in [1.54, 1.807) is 12.1 Å². The monoisotopic (exact) mass is 238 g/mol. The molecule has 0 aliphatic rings. The number of aromatic nitrogens is 1. The summed E-state index contributed by atoms with van der Waals surface area (Å²) in [5.41, 5.74) is -0.693. The number of hydrogen-bond acceptors (Lipinski definition) is 4. The molecule has 17 heavy (non-hydrogen) atoms. The molecule has 0 unspecified atom stereocenters. The summed E-state index contributed by atoms with van der Waals surface area (Å²) in [5.74, 6) is 0.998. The van der Waals surface area contributed by atoms with Crippen molar-refractivity contribution in [1.29, 1.82) is 0 Å². The minimum atomic E-state index is -0.395. The van der Waals surface area contributed by atoms with E-state index in [0.29, 0.717) is 11.7 Å². The molecule has 96 valence electrons. The average molecular weight is 238 g/mol. The van der Waals surface area contributed by atoms with Gasteiger partial charge in [0.25, 0.3) is 0 Å². The van der Waals surface area contributed by atoms with Gasteiger partial charge in [0.15, 0.2) is 5.82 Å². The van der Waals surface area contributed by atoms with Crippen LogP contribution in [0.3, 0.4) is 0 Å². The molecule has 0 atom stereocenters. The second kappa shape index (κ2) is 4.53. The Hall–Kier alpha value is -1.29. The van der Waals surface area contributed by atoms with Crippen LogP contribution in [0.5, 0.6) is 5.88 Å². The molecule has 0 amide bonds. The fourth-order valence-corrected chi connectivity index (χ4v) is 1.24. The van der Waals surface area contributed by atoms with E-state index in [2.05, 4.69) is 4.98 Å². The van der Waals surface area contributed by atoms with Crippen molar-refractivity contribution in [2.75, 3.05) is 5.06 Å². The van der Waals surface area contributed by atoms with Crippen LogP contribution in [0.2, 0.25) is 0 Å². The van der Waals surface area contributed by atoms with Crippen molar-refractivity contribution in [3.8, 4) is 5.88 Å². The lowest BCUT2D eigenvalue weighted by molar-refractivity contribution is 0.122. The van der Waals surface area contributed by atoms with Gasteiger partial charge in [-0.1, -0.05) is 6.07 Å². The molecule has 1 aromatic heterocycles. The van der Waals surface area contributed by atoms with Crippen LogP contribution in [0.4, 0.5) is 5.82 Å². The van der Waals surface area contributed by atoms with E-state index >= 15 is 0 Å². The standard InChI is InChI=1S/C13H22N2O2/c1-12(2,3)15(16)10-8-7-9-11(14-10)17-13(4,5)6/h7-9,16H,1-6H3. The number of ether oxygens (including phenoxy) is 1. The quantitative estimate of drug-likeness (QED) is 0.803. The molecule has 1 aromatic rings. The van der Waals surface area contributed by atoms with Gasteiger partial charge in [0, 0.05) is 6.07 Å². The molecule has 0 fully saturated rings. The highest BCUT2D eigenvalue weighted by molar-refractivity contribution is 5.39. The van der Waals surface area contributed by atoms with Crippen molar-refractivity contribution < 1.29 is 9.94 Å². The molecule has 1 N–H and O–H groups in total. The van der Waals surface area contributed by atoms with Gasteiger partial charge in [-0.25, -0.2) is 5.06 Å². The van der Waals surface area contributed by atoms with Crippen LogP contribution in [-0.4, -0.2) is 21.3 Å². The molecule has 0 spiro atoms. The number of pyridine rings is 1. The Morgan fingerprint density at radius 2 is 1.71 bits per heavy atom. The Kier molecular flexibility index (Phi) is 3.67. The number of hydrogen-bond donors (Lipinski definition) is 1. The van der Waals surface area contributed by atoms with E-state index < -0.39 is 5.54 Å². The summed E-state index contributed by atoms with van der Waals surface area (Å²) in [6.07, 6.45) is 0. The van der Waals surface area contributed by atoms with Crippen LogP contribution in [-0.2, 0) is 0 Å². The summed E-state index contributed by atoms with van der Waals surface area (Å²) in [5, 5.41) is 11.1. The van der Waals surface area contributed by atoms with Gasteiger partial charge in [0.1, 0.15) is 5.60 Å². The maximum Gasteiger partial charge on any atom is 0.215 e. The summed E-state index contributed by atoms with van der Waals surface area (Å²) in [7, 11) is 0. The van der Waals surface area contributed by atoms with Crippen molar-refractivity contribution in [1.82, 2.24) is 4.98 Å². The van der Waals surface area contributed by atoms with Gasteiger partial charge in [0.05, 0.1) is 5.54 Å². The van der Waals surface area contributed by atoms with Gasteiger partial charge in [0.2, 0.25) is 5.88 Å². The van der Waals surface area contributed by atoms with Crippen LogP contribution in [0, 0.1) is 0 Å². The SMILES string of the molecule is CC(C)(C)Oc1cccc(N(O)C(C)(C)C)n1. The lowest BCUT2D eigenvalue weighted by Crippen LogP contribution is -2.39. The molecule has 0 radical (unpaired) electrons. The van der Waals surface area contributed by atoms with Crippen molar-refractivity contribution >= 4 is 5.82 Å². The van der Waals surface area contributed by atoms with Crippen molar-refractivity contribution in [2.24, 2.45) is 0 Å². The second-order valence-corrected chi connectivity index (χ2v) is 6.03. The predicted octanol–water partition coefficient (Wildman–Crippen LogP) is 3.25. The third kappa shape index (κ3) is 4.23. The van der Waals surface area contributed by atoms with Crippen molar-refractivity contribution in [3.63, 3.8) is 0 Å². The molecule has 1 rings (SSSR count). The Labute approximate surface area is 103 Å². The van der Waals surface area contributed by atoms with E-state index in [-0.39, 0.29) is 5.60 Å².